The summed E-state index contributed by atoms with van der Waals surface area (Å²) in [4.78, 5) is 45.6. The zero-order chi connectivity index (χ0) is 53.3. The van der Waals surface area contributed by atoms with Gasteiger partial charge in [-0.2, -0.15) is 0 Å². The van der Waals surface area contributed by atoms with Crippen LogP contribution in [0, 0.1) is 0 Å². The molecule has 2 atom stereocenters. The fourth-order valence-electron chi connectivity index (χ4n) is 9.46. The predicted octanol–water partition coefficient (Wildman–Crippen LogP) is 7.13. The fraction of sp³-hybridized carbons (Fsp3) is 0.536. The van der Waals surface area contributed by atoms with Crippen molar-refractivity contribution in [1.29, 1.82) is 0 Å². The van der Waals surface area contributed by atoms with E-state index in [1.54, 1.807) is 45.6 Å². The maximum atomic E-state index is 13.9. The van der Waals surface area contributed by atoms with Gasteiger partial charge in [0.1, 0.15) is 13.2 Å². The summed E-state index contributed by atoms with van der Waals surface area (Å²) in [6.07, 6.45) is 9.38. The Morgan fingerprint density at radius 2 is 1.09 bits per heavy atom. The third-order valence-electron chi connectivity index (χ3n) is 13.8. The van der Waals surface area contributed by atoms with Gasteiger partial charge < -0.3 is 62.2 Å². The summed E-state index contributed by atoms with van der Waals surface area (Å²) in [5.74, 6) is 1.59. The van der Waals surface area contributed by atoms with Crippen molar-refractivity contribution in [2.24, 2.45) is 9.98 Å². The molecule has 4 aliphatic rings. The number of allylic oxidation sites excluding steroid dienone is 2. The molecule has 0 radical (unpaired) electrons. The molecule has 4 heterocycles. The molecule has 3 aromatic carbocycles. The van der Waals surface area contributed by atoms with E-state index in [0.29, 0.717) is 131 Å². The van der Waals surface area contributed by atoms with E-state index >= 15 is 0 Å². The molecule has 406 valence electrons. The molecule has 7 rings (SSSR count). The van der Waals surface area contributed by atoms with Crippen molar-refractivity contribution in [2.45, 2.75) is 70.6 Å². The minimum absolute atomic E-state index is 0.0901. The zero-order valence-electron chi connectivity index (χ0n) is 45.5. The third kappa shape index (κ3) is 15.6. The van der Waals surface area contributed by atoms with Gasteiger partial charge in [-0.3, -0.25) is 19.6 Å². The number of amides is 2. The molecule has 0 spiro atoms. The van der Waals surface area contributed by atoms with E-state index in [9.17, 15) is 9.59 Å². The van der Waals surface area contributed by atoms with Crippen LogP contribution < -0.4 is 23.8 Å². The van der Waals surface area contributed by atoms with Crippen molar-refractivity contribution in [1.82, 2.24) is 14.7 Å². The Balaban J connectivity index is 1.11. The predicted molar refractivity (Wildman–Crippen MR) is 299 cm³/mol. The molecule has 4 aliphatic heterocycles. The van der Waals surface area contributed by atoms with Crippen molar-refractivity contribution in [2.75, 3.05) is 132 Å². The Bertz CT molecular complexity index is 2400. The second kappa shape index (κ2) is 28.1. The molecule has 19 heteroatoms. The van der Waals surface area contributed by atoms with Gasteiger partial charge >= 0.3 is 0 Å². The molecule has 1 unspecified atom stereocenters. The van der Waals surface area contributed by atoms with Gasteiger partial charge in [-0.1, -0.05) is 37.1 Å². The Morgan fingerprint density at radius 1 is 0.640 bits per heavy atom. The number of hydrogen-bond acceptors (Lipinski definition) is 16. The standard InChI is InChI=1S/C56H77BN6O11S/c1-9-39-24-44-32-58-48-30-52(50(67-7)28-46(48)54(64)62(44)34-39)73-36-41-23-42(37-74-53-31-49-47(29-51(53)68-8)55(65)63-35-40(10-2)25-45(63)33-59-49)27-43(26-41)61(13-16-71-21-22-72-18-17-66-6)12-15-70-20-19-69-14-11-60(5)38-56(3,4)75-57/h9-10,23,26-33,44-45H,11-22,24-25,34-38,57H2,1-8H3/b39-9+,40-10+/t44-,45?/m0/s1. The Hall–Kier alpha value is -5.41. The second-order valence-corrected chi connectivity index (χ2v) is 21.1. The van der Waals surface area contributed by atoms with E-state index in [1.165, 1.54) is 11.1 Å². The van der Waals surface area contributed by atoms with Gasteiger partial charge in [-0.25, -0.2) is 11.6 Å². The lowest BCUT2D eigenvalue weighted by atomic mass is 10.1. The maximum Gasteiger partial charge on any atom is 0.257 e. The molecule has 0 aromatic heterocycles. The number of methoxy groups -OCH3 is 3. The molecule has 17 nitrogen and oxygen atoms in total. The van der Waals surface area contributed by atoms with Gasteiger partial charge in [0.25, 0.3) is 11.8 Å². The molecule has 75 heavy (non-hydrogen) atoms. The minimum Gasteiger partial charge on any atom is -0.493 e. The number of rotatable bonds is 30. The number of carbonyl (C=O) groups excluding carboxylic acids is 2. The van der Waals surface area contributed by atoms with Crippen molar-refractivity contribution >= 4 is 60.0 Å². The Morgan fingerprint density at radius 3 is 1.53 bits per heavy atom. The number of nitrogens with zero attached hydrogens (tertiary/aromatic N) is 6. The van der Waals surface area contributed by atoms with Crippen molar-refractivity contribution in [3.8, 4) is 23.0 Å². The Labute approximate surface area is 448 Å². The fourth-order valence-corrected chi connectivity index (χ4v) is 9.81. The quantitative estimate of drug-likeness (QED) is 0.0378. The number of aliphatic imine (C=N–C) groups is 2. The van der Waals surface area contributed by atoms with Crippen LogP contribution in [-0.4, -0.2) is 190 Å². The number of ether oxygens (including phenoxy) is 9. The highest BCUT2D eigenvalue weighted by Crippen LogP contribution is 2.41. The number of carbonyl (C=O) groups is 2. The molecule has 0 aliphatic carbocycles. The maximum absolute atomic E-state index is 13.9. The van der Waals surface area contributed by atoms with Crippen molar-refractivity contribution in [3.63, 3.8) is 0 Å². The highest BCUT2D eigenvalue weighted by molar-refractivity contribution is 8.20. The van der Waals surface area contributed by atoms with Crippen LogP contribution in [0.25, 0.3) is 0 Å². The van der Waals surface area contributed by atoms with E-state index in [4.69, 9.17) is 52.6 Å². The minimum atomic E-state index is -0.110. The van der Waals surface area contributed by atoms with Crippen LogP contribution in [-0.2, 0) is 36.9 Å². The van der Waals surface area contributed by atoms with Gasteiger partial charge in [0.15, 0.2) is 30.1 Å². The van der Waals surface area contributed by atoms with Crippen LogP contribution in [0.5, 0.6) is 23.0 Å². The van der Waals surface area contributed by atoms with Gasteiger partial charge in [0.05, 0.1) is 108 Å². The van der Waals surface area contributed by atoms with Crippen molar-refractivity contribution < 1.29 is 52.2 Å². The van der Waals surface area contributed by atoms with E-state index < -0.39 is 0 Å². The van der Waals surface area contributed by atoms with Crippen LogP contribution >= 0.6 is 11.6 Å². The van der Waals surface area contributed by atoms with Crippen molar-refractivity contribution in [3.05, 3.63) is 88.0 Å². The molecule has 0 N–H and O–H groups in total. The molecule has 2 fully saturated rings. The summed E-state index contributed by atoms with van der Waals surface area (Å²) < 4.78 is 54.0. The summed E-state index contributed by atoms with van der Waals surface area (Å²) >= 11 is 1.86. The normalized spacial score (nSPS) is 18.1. The topological polar surface area (TPSA) is 155 Å². The smallest absolute Gasteiger partial charge is 0.257 e. The lowest BCUT2D eigenvalue weighted by Gasteiger charge is -2.29. The number of likely N-dealkylation sites (N-methyl/N-ethyl adjacent to an activating group) is 1. The number of anilines is 1. The molecular weight excluding hydrogens is 976 g/mol. The van der Waals surface area contributed by atoms with E-state index in [2.05, 4.69) is 62.1 Å². The van der Waals surface area contributed by atoms with E-state index in [1.807, 2.05) is 53.8 Å². The lowest BCUT2D eigenvalue weighted by molar-refractivity contribution is 0.0257. The van der Waals surface area contributed by atoms with Gasteiger partial charge in [0, 0.05) is 81.4 Å². The third-order valence-corrected chi connectivity index (χ3v) is 15.1. The van der Waals surface area contributed by atoms with E-state index in [0.717, 1.165) is 42.7 Å². The highest BCUT2D eigenvalue weighted by atomic mass is 32.2. The first-order chi connectivity index (χ1) is 36.4. The first-order valence-electron chi connectivity index (χ1n) is 26.0. The summed E-state index contributed by atoms with van der Waals surface area (Å²) in [6.45, 7) is 17.2. The monoisotopic (exact) mass is 1050 g/mol. The zero-order valence-corrected chi connectivity index (χ0v) is 46.3. The molecule has 0 saturated carbocycles. The molecular formula is C56H77BN6O11S. The summed E-state index contributed by atoms with van der Waals surface area (Å²) in [5, 5.41) is 0. The number of benzene rings is 3. The van der Waals surface area contributed by atoms with Gasteiger partial charge in [0.2, 0.25) is 0 Å². The first-order valence-corrected chi connectivity index (χ1v) is 27.2. The van der Waals surface area contributed by atoms with E-state index in [-0.39, 0.29) is 41.9 Å². The molecule has 2 saturated heterocycles. The molecule has 0 bridgehead atoms. The summed E-state index contributed by atoms with van der Waals surface area (Å²) in [5.41, 5.74) is 7.02. The lowest BCUT2D eigenvalue weighted by Crippen LogP contribution is -2.36. The van der Waals surface area contributed by atoms with Crippen LogP contribution in [0.3, 0.4) is 0 Å². The summed E-state index contributed by atoms with van der Waals surface area (Å²) in [6, 6.07) is 13.0. The number of fused-ring (bicyclic) bond motifs is 4. The van der Waals surface area contributed by atoms with Crippen LogP contribution in [0.4, 0.5) is 17.1 Å². The largest absolute Gasteiger partial charge is 0.493 e. The SMILES string of the molecule is BSC(C)(C)CN(C)CCOCCOCCN(CCOCCOCCOC)c1cc(COc2cc3c(cc2OC)C(=O)N2C/C(=C/C)CC2C=N3)cc(COc2cc3c(cc2OC)C(=O)N2C/C(=C/C)C[C@H]2C=N3)c1. The van der Waals surface area contributed by atoms with Crippen LogP contribution in [0.15, 0.2) is 75.7 Å². The summed E-state index contributed by atoms with van der Waals surface area (Å²) in [7, 11) is 9.06. The van der Waals surface area contributed by atoms with Gasteiger partial charge in [-0.15, -0.1) is 0 Å². The van der Waals surface area contributed by atoms with Crippen LogP contribution in [0.2, 0.25) is 0 Å². The molecule has 2 amide bonds. The average molecular weight is 1050 g/mol. The highest BCUT2D eigenvalue weighted by Gasteiger charge is 2.36. The molecule has 3 aromatic rings. The second-order valence-electron chi connectivity index (χ2n) is 19.6. The van der Waals surface area contributed by atoms with Gasteiger partial charge in [-0.05, 0) is 75.2 Å². The first kappa shape index (κ1) is 57.3. The Kier molecular flexibility index (Phi) is 21.5. The average Bonchev–Trinajstić information content (AvgIpc) is 3.99. The van der Waals surface area contributed by atoms with Crippen LogP contribution in [0.1, 0.15) is 72.4 Å². The number of hydrogen-bond donors (Lipinski definition) is 0.